The SMILES string of the molecule is CCCCCCCCCCC(CCC)(CCCCCCCC)C(C)(OCC)OCC. The van der Waals surface area contributed by atoms with Gasteiger partial charge in [-0.1, -0.05) is 117 Å². The maximum absolute atomic E-state index is 6.38. The largest absolute Gasteiger partial charge is 0.350 e. The van der Waals surface area contributed by atoms with Crippen molar-refractivity contribution in [3.8, 4) is 0 Å². The highest BCUT2D eigenvalue weighted by Crippen LogP contribution is 2.48. The predicted octanol–water partition coefficient (Wildman–Crippen LogP) is 9.84. The average Bonchev–Trinajstić information content (AvgIpc) is 2.72. The molecule has 2 heteroatoms. The molecule has 0 radical (unpaired) electrons. The van der Waals surface area contributed by atoms with Gasteiger partial charge < -0.3 is 9.47 Å². The molecule has 1 atom stereocenters. The maximum atomic E-state index is 6.38. The van der Waals surface area contributed by atoms with E-state index in [0.717, 1.165) is 13.2 Å². The van der Waals surface area contributed by atoms with Gasteiger partial charge in [0.1, 0.15) is 0 Å². The van der Waals surface area contributed by atoms with Crippen LogP contribution in [-0.2, 0) is 9.47 Å². The van der Waals surface area contributed by atoms with Crippen LogP contribution in [0.5, 0.6) is 0 Å². The Morgan fingerprint density at radius 1 is 0.433 bits per heavy atom. The van der Waals surface area contributed by atoms with Crippen LogP contribution in [0.2, 0.25) is 0 Å². The third-order valence-corrected chi connectivity index (χ3v) is 7.05. The fourth-order valence-electron chi connectivity index (χ4n) is 5.27. The Morgan fingerprint density at radius 2 is 0.800 bits per heavy atom. The van der Waals surface area contributed by atoms with E-state index in [2.05, 4.69) is 41.5 Å². The van der Waals surface area contributed by atoms with Crippen LogP contribution in [0.1, 0.15) is 157 Å². The Bertz CT molecular complexity index is 349. The molecule has 0 saturated carbocycles. The van der Waals surface area contributed by atoms with Crippen molar-refractivity contribution in [2.75, 3.05) is 13.2 Å². The summed E-state index contributed by atoms with van der Waals surface area (Å²) in [6.07, 6.45) is 24.1. The molecular formula is C28H58O2. The molecule has 0 saturated heterocycles. The van der Waals surface area contributed by atoms with Crippen molar-refractivity contribution >= 4 is 0 Å². The second kappa shape index (κ2) is 19.6. The van der Waals surface area contributed by atoms with Gasteiger partial charge in [0, 0.05) is 18.6 Å². The van der Waals surface area contributed by atoms with Gasteiger partial charge in [-0.15, -0.1) is 0 Å². The number of ether oxygens (including phenoxy) is 2. The van der Waals surface area contributed by atoms with E-state index in [1.165, 1.54) is 116 Å². The van der Waals surface area contributed by atoms with Crippen molar-refractivity contribution in [2.24, 2.45) is 5.41 Å². The Balaban J connectivity index is 4.94. The van der Waals surface area contributed by atoms with Crippen molar-refractivity contribution in [1.82, 2.24) is 0 Å². The summed E-state index contributed by atoms with van der Waals surface area (Å²) < 4.78 is 12.8. The number of hydrogen-bond donors (Lipinski definition) is 0. The van der Waals surface area contributed by atoms with Crippen LogP contribution < -0.4 is 0 Å². The Morgan fingerprint density at radius 3 is 1.13 bits per heavy atom. The van der Waals surface area contributed by atoms with Crippen LogP contribution in [0, 0.1) is 5.41 Å². The topological polar surface area (TPSA) is 18.5 Å². The summed E-state index contributed by atoms with van der Waals surface area (Å²) in [5.41, 5.74) is 0.154. The molecular weight excluding hydrogens is 368 g/mol. The second-order valence-electron chi connectivity index (χ2n) is 9.58. The number of rotatable bonds is 23. The highest BCUT2D eigenvalue weighted by atomic mass is 16.7. The number of hydrogen-bond acceptors (Lipinski definition) is 2. The van der Waals surface area contributed by atoms with E-state index >= 15 is 0 Å². The molecule has 0 aromatic heterocycles. The second-order valence-corrected chi connectivity index (χ2v) is 9.58. The predicted molar refractivity (Wildman–Crippen MR) is 134 cm³/mol. The summed E-state index contributed by atoms with van der Waals surface area (Å²) in [5, 5.41) is 0. The molecule has 1 unspecified atom stereocenters. The molecule has 0 fully saturated rings. The summed E-state index contributed by atoms with van der Waals surface area (Å²) >= 11 is 0. The highest BCUT2D eigenvalue weighted by Gasteiger charge is 2.48. The molecule has 0 spiro atoms. The first kappa shape index (κ1) is 29.9. The lowest BCUT2D eigenvalue weighted by atomic mass is 9.68. The Kier molecular flexibility index (Phi) is 19.5. The lowest BCUT2D eigenvalue weighted by molar-refractivity contribution is -0.293. The molecule has 0 aromatic rings. The molecule has 0 aliphatic heterocycles. The van der Waals surface area contributed by atoms with E-state index in [9.17, 15) is 0 Å². The smallest absolute Gasteiger partial charge is 0.170 e. The monoisotopic (exact) mass is 426 g/mol. The molecule has 0 rings (SSSR count). The highest BCUT2D eigenvalue weighted by molar-refractivity contribution is 4.92. The quantitative estimate of drug-likeness (QED) is 0.119. The van der Waals surface area contributed by atoms with Crippen LogP contribution in [0.15, 0.2) is 0 Å². The van der Waals surface area contributed by atoms with Gasteiger partial charge in [0.25, 0.3) is 0 Å². The van der Waals surface area contributed by atoms with Gasteiger partial charge in [-0.3, -0.25) is 0 Å². The van der Waals surface area contributed by atoms with Crippen molar-refractivity contribution in [3.63, 3.8) is 0 Å². The van der Waals surface area contributed by atoms with Gasteiger partial charge in [-0.25, -0.2) is 0 Å². The molecule has 0 amide bonds. The molecule has 2 nitrogen and oxygen atoms in total. The minimum Gasteiger partial charge on any atom is -0.350 e. The Hall–Kier alpha value is -0.0800. The van der Waals surface area contributed by atoms with E-state index < -0.39 is 5.79 Å². The van der Waals surface area contributed by atoms with E-state index in [-0.39, 0.29) is 5.41 Å². The first-order chi connectivity index (χ1) is 14.6. The van der Waals surface area contributed by atoms with Gasteiger partial charge in [-0.05, 0) is 40.0 Å². The third-order valence-electron chi connectivity index (χ3n) is 7.05. The van der Waals surface area contributed by atoms with Crippen LogP contribution in [-0.4, -0.2) is 19.0 Å². The van der Waals surface area contributed by atoms with Crippen LogP contribution in [0.25, 0.3) is 0 Å². The van der Waals surface area contributed by atoms with E-state index in [0.29, 0.717) is 0 Å². The maximum Gasteiger partial charge on any atom is 0.170 e. The molecule has 30 heavy (non-hydrogen) atoms. The zero-order chi connectivity index (χ0) is 22.6. The standard InChI is InChI=1S/C28H58O2/c1-7-12-14-16-18-19-21-23-26-28(24-9-3,25-22-20-17-15-13-8-2)27(6,29-10-4)30-11-5/h7-26H2,1-6H3. The molecule has 0 aromatic carbocycles. The minimum atomic E-state index is -0.447. The number of unbranched alkanes of at least 4 members (excludes halogenated alkanes) is 12. The van der Waals surface area contributed by atoms with Gasteiger partial charge >= 0.3 is 0 Å². The van der Waals surface area contributed by atoms with Crippen LogP contribution >= 0.6 is 0 Å². The van der Waals surface area contributed by atoms with Crippen molar-refractivity contribution in [1.29, 1.82) is 0 Å². The van der Waals surface area contributed by atoms with E-state index in [1.54, 1.807) is 0 Å². The van der Waals surface area contributed by atoms with Crippen molar-refractivity contribution < 1.29 is 9.47 Å². The van der Waals surface area contributed by atoms with Crippen LogP contribution in [0.3, 0.4) is 0 Å². The summed E-state index contributed by atoms with van der Waals surface area (Å²) in [6.45, 7) is 14.9. The van der Waals surface area contributed by atoms with Crippen molar-refractivity contribution in [3.05, 3.63) is 0 Å². The van der Waals surface area contributed by atoms with E-state index in [4.69, 9.17) is 9.47 Å². The normalized spacial score (nSPS) is 14.2. The summed E-state index contributed by atoms with van der Waals surface area (Å²) in [6, 6.07) is 0. The summed E-state index contributed by atoms with van der Waals surface area (Å²) in [4.78, 5) is 0. The lowest BCUT2D eigenvalue weighted by Gasteiger charge is -2.48. The molecule has 0 aliphatic rings. The van der Waals surface area contributed by atoms with Crippen molar-refractivity contribution in [2.45, 2.75) is 163 Å². The van der Waals surface area contributed by atoms with Gasteiger partial charge in [0.15, 0.2) is 5.79 Å². The lowest BCUT2D eigenvalue weighted by Crippen LogP contribution is -2.50. The fourth-order valence-corrected chi connectivity index (χ4v) is 5.27. The molecule has 182 valence electrons. The van der Waals surface area contributed by atoms with E-state index in [1.807, 2.05) is 0 Å². The zero-order valence-corrected chi connectivity index (χ0v) is 22.0. The zero-order valence-electron chi connectivity index (χ0n) is 22.0. The average molecular weight is 427 g/mol. The summed E-state index contributed by atoms with van der Waals surface area (Å²) in [7, 11) is 0. The summed E-state index contributed by atoms with van der Waals surface area (Å²) in [5.74, 6) is -0.447. The molecule has 0 N–H and O–H groups in total. The molecule has 0 bridgehead atoms. The first-order valence-corrected chi connectivity index (χ1v) is 13.8. The molecule has 0 aliphatic carbocycles. The van der Waals surface area contributed by atoms with Gasteiger partial charge in [0.05, 0.1) is 0 Å². The fraction of sp³-hybridized carbons (Fsp3) is 1.00. The van der Waals surface area contributed by atoms with Gasteiger partial charge in [-0.2, -0.15) is 0 Å². The third kappa shape index (κ3) is 12.1. The Labute approximate surface area is 191 Å². The molecule has 0 heterocycles. The first-order valence-electron chi connectivity index (χ1n) is 13.8. The van der Waals surface area contributed by atoms with Gasteiger partial charge in [0.2, 0.25) is 0 Å². The minimum absolute atomic E-state index is 0.154. The van der Waals surface area contributed by atoms with Crippen LogP contribution in [0.4, 0.5) is 0 Å².